The van der Waals surface area contributed by atoms with Crippen molar-refractivity contribution in [1.82, 2.24) is 9.80 Å². The molecule has 0 bridgehead atoms. The van der Waals surface area contributed by atoms with Crippen LogP contribution >= 0.6 is 11.3 Å². The van der Waals surface area contributed by atoms with Crippen LogP contribution in [0.1, 0.15) is 46.4 Å². The molecule has 31 heavy (non-hydrogen) atoms. The predicted octanol–water partition coefficient (Wildman–Crippen LogP) is 2.31. The minimum Gasteiger partial charge on any atom is -0.462 e. The molecular weight excluding hydrogens is 422 g/mol. The molecule has 0 spiro atoms. The van der Waals surface area contributed by atoms with E-state index in [0.717, 1.165) is 11.3 Å². The SMILES string of the molecule is C=CCOC(=O)c1sc(NC(=O)CN(C)CC(=O)N(CC)CC)c(C(=O)OCC)c1C. The first kappa shape index (κ1) is 26.3. The summed E-state index contributed by atoms with van der Waals surface area (Å²) in [5, 5.41) is 2.87. The van der Waals surface area contributed by atoms with Crippen molar-refractivity contribution < 1.29 is 28.7 Å². The Morgan fingerprint density at radius 3 is 2.26 bits per heavy atom. The average Bonchev–Trinajstić information content (AvgIpc) is 3.02. The molecule has 1 heterocycles. The van der Waals surface area contributed by atoms with Gasteiger partial charge in [-0.3, -0.25) is 14.5 Å². The number of carbonyl (C=O) groups is 4. The van der Waals surface area contributed by atoms with Gasteiger partial charge in [0, 0.05) is 13.1 Å². The molecule has 1 aromatic rings. The lowest BCUT2D eigenvalue weighted by Gasteiger charge is -2.22. The van der Waals surface area contributed by atoms with E-state index in [1.807, 2.05) is 13.8 Å². The van der Waals surface area contributed by atoms with Crippen molar-refractivity contribution in [3.8, 4) is 0 Å². The standard InChI is InChI=1S/C21H31N3O6S/c1-7-11-30-21(28)18-14(5)17(20(27)29-10-4)19(31-18)22-15(25)12-23(6)13-16(26)24(8-2)9-3/h7H,1,8-13H2,2-6H3,(H,22,25). The maximum absolute atomic E-state index is 12.6. The van der Waals surface area contributed by atoms with Crippen molar-refractivity contribution >= 4 is 40.1 Å². The number of esters is 2. The van der Waals surface area contributed by atoms with E-state index in [4.69, 9.17) is 9.47 Å². The highest BCUT2D eigenvalue weighted by Crippen LogP contribution is 2.34. The third-order valence-corrected chi connectivity index (χ3v) is 5.52. The molecule has 1 rings (SSSR count). The third kappa shape index (κ3) is 7.48. The Balaban J connectivity index is 3.00. The van der Waals surface area contributed by atoms with E-state index in [1.165, 1.54) is 6.08 Å². The molecule has 0 aliphatic heterocycles. The fourth-order valence-electron chi connectivity index (χ4n) is 2.82. The highest BCUT2D eigenvalue weighted by atomic mass is 32.1. The van der Waals surface area contributed by atoms with Crippen molar-refractivity contribution in [3.63, 3.8) is 0 Å². The molecule has 0 aromatic carbocycles. The smallest absolute Gasteiger partial charge is 0.348 e. The number of ether oxygens (including phenoxy) is 2. The number of rotatable bonds is 12. The molecule has 9 nitrogen and oxygen atoms in total. The number of likely N-dealkylation sites (N-methyl/N-ethyl adjacent to an activating group) is 2. The Morgan fingerprint density at radius 2 is 1.71 bits per heavy atom. The van der Waals surface area contributed by atoms with Crippen LogP contribution in [0.5, 0.6) is 0 Å². The number of nitrogens with one attached hydrogen (secondary N) is 1. The zero-order valence-electron chi connectivity index (χ0n) is 18.8. The molecule has 2 amide bonds. The monoisotopic (exact) mass is 453 g/mol. The van der Waals surface area contributed by atoms with Crippen LogP contribution in [0.4, 0.5) is 5.00 Å². The molecule has 0 saturated carbocycles. The molecule has 172 valence electrons. The summed E-state index contributed by atoms with van der Waals surface area (Å²) in [6, 6.07) is 0. The van der Waals surface area contributed by atoms with Gasteiger partial charge >= 0.3 is 11.9 Å². The fourth-order valence-corrected chi connectivity index (χ4v) is 3.92. The molecule has 0 saturated heterocycles. The maximum Gasteiger partial charge on any atom is 0.348 e. The lowest BCUT2D eigenvalue weighted by molar-refractivity contribution is -0.132. The quantitative estimate of drug-likeness (QED) is 0.382. The first-order chi connectivity index (χ1) is 14.7. The number of amides is 2. The van der Waals surface area contributed by atoms with Crippen molar-refractivity contribution in [1.29, 1.82) is 0 Å². The molecular formula is C21H31N3O6S. The van der Waals surface area contributed by atoms with Crippen LogP contribution in [0.25, 0.3) is 0 Å². The van der Waals surface area contributed by atoms with E-state index in [0.29, 0.717) is 18.7 Å². The highest BCUT2D eigenvalue weighted by molar-refractivity contribution is 7.18. The zero-order valence-corrected chi connectivity index (χ0v) is 19.6. The predicted molar refractivity (Wildman–Crippen MR) is 120 cm³/mol. The van der Waals surface area contributed by atoms with E-state index in [1.54, 1.807) is 30.7 Å². The van der Waals surface area contributed by atoms with Gasteiger partial charge in [-0.2, -0.15) is 0 Å². The van der Waals surface area contributed by atoms with Gasteiger partial charge in [0.15, 0.2) is 0 Å². The van der Waals surface area contributed by atoms with Crippen LogP contribution in [0, 0.1) is 6.92 Å². The van der Waals surface area contributed by atoms with Gasteiger partial charge in [-0.15, -0.1) is 11.3 Å². The lowest BCUT2D eigenvalue weighted by Crippen LogP contribution is -2.41. The van der Waals surface area contributed by atoms with Gasteiger partial charge in [0.25, 0.3) is 0 Å². The highest BCUT2D eigenvalue weighted by Gasteiger charge is 2.27. The number of thiophene rings is 1. The summed E-state index contributed by atoms with van der Waals surface area (Å²) in [5.41, 5.74) is 0.491. The lowest BCUT2D eigenvalue weighted by atomic mass is 10.1. The Morgan fingerprint density at radius 1 is 1.06 bits per heavy atom. The zero-order chi connectivity index (χ0) is 23.6. The van der Waals surface area contributed by atoms with Gasteiger partial charge in [0.05, 0.1) is 25.3 Å². The molecule has 0 fully saturated rings. The number of hydrogen-bond donors (Lipinski definition) is 1. The Bertz CT molecular complexity index is 816. The van der Waals surface area contributed by atoms with E-state index in [9.17, 15) is 19.2 Å². The van der Waals surface area contributed by atoms with Crippen molar-refractivity contribution in [2.75, 3.05) is 51.8 Å². The Labute approximate surface area is 187 Å². The second-order valence-corrected chi connectivity index (χ2v) is 7.68. The van der Waals surface area contributed by atoms with Gasteiger partial charge in [0.1, 0.15) is 16.5 Å². The third-order valence-electron chi connectivity index (χ3n) is 4.33. The first-order valence-electron chi connectivity index (χ1n) is 10.0. The number of anilines is 1. The van der Waals surface area contributed by atoms with E-state index >= 15 is 0 Å². The Kier molecular flexibility index (Phi) is 10.9. The number of hydrogen-bond acceptors (Lipinski definition) is 8. The molecule has 1 N–H and O–H groups in total. The van der Waals surface area contributed by atoms with Crippen LogP contribution in [-0.2, 0) is 19.1 Å². The summed E-state index contributed by atoms with van der Waals surface area (Å²) in [4.78, 5) is 53.0. The molecule has 0 aliphatic carbocycles. The molecule has 10 heteroatoms. The van der Waals surface area contributed by atoms with Gasteiger partial charge in [-0.05, 0) is 40.3 Å². The maximum atomic E-state index is 12.6. The largest absolute Gasteiger partial charge is 0.462 e. The topological polar surface area (TPSA) is 105 Å². The van der Waals surface area contributed by atoms with Gasteiger partial charge < -0.3 is 19.7 Å². The van der Waals surface area contributed by atoms with Crippen molar-refractivity contribution in [2.45, 2.75) is 27.7 Å². The van der Waals surface area contributed by atoms with Crippen LogP contribution in [-0.4, -0.2) is 80.0 Å². The normalized spacial score (nSPS) is 10.5. The minimum absolute atomic E-state index is 0.0258. The van der Waals surface area contributed by atoms with Gasteiger partial charge in [-0.1, -0.05) is 12.7 Å². The number of nitrogens with zero attached hydrogens (tertiary/aromatic N) is 2. The second-order valence-electron chi connectivity index (χ2n) is 6.65. The fraction of sp³-hybridized carbons (Fsp3) is 0.524. The van der Waals surface area contributed by atoms with Crippen LogP contribution < -0.4 is 5.32 Å². The minimum atomic E-state index is -0.639. The summed E-state index contributed by atoms with van der Waals surface area (Å²) in [6.07, 6.45) is 1.44. The first-order valence-corrected chi connectivity index (χ1v) is 10.9. The summed E-state index contributed by atoms with van der Waals surface area (Å²) in [6.45, 7) is 11.9. The van der Waals surface area contributed by atoms with Gasteiger partial charge in [0.2, 0.25) is 11.8 Å². The summed E-state index contributed by atoms with van der Waals surface area (Å²) < 4.78 is 10.1. The van der Waals surface area contributed by atoms with Crippen LogP contribution in [0.2, 0.25) is 0 Å². The van der Waals surface area contributed by atoms with Crippen LogP contribution in [0.15, 0.2) is 12.7 Å². The summed E-state index contributed by atoms with van der Waals surface area (Å²) in [5.74, 6) is -1.76. The summed E-state index contributed by atoms with van der Waals surface area (Å²) in [7, 11) is 1.66. The number of carbonyl (C=O) groups excluding carboxylic acids is 4. The Hall–Kier alpha value is -2.72. The molecule has 0 aliphatic rings. The van der Waals surface area contributed by atoms with Gasteiger partial charge in [-0.25, -0.2) is 9.59 Å². The van der Waals surface area contributed by atoms with E-state index < -0.39 is 17.8 Å². The van der Waals surface area contributed by atoms with E-state index in [2.05, 4.69) is 11.9 Å². The second kappa shape index (κ2) is 12.9. The summed E-state index contributed by atoms with van der Waals surface area (Å²) >= 11 is 0.945. The van der Waals surface area contributed by atoms with Crippen LogP contribution in [0.3, 0.4) is 0 Å². The average molecular weight is 454 g/mol. The molecule has 0 atom stereocenters. The molecule has 1 aromatic heterocycles. The van der Waals surface area contributed by atoms with Crippen molar-refractivity contribution in [2.24, 2.45) is 0 Å². The van der Waals surface area contributed by atoms with Crippen molar-refractivity contribution in [3.05, 3.63) is 28.7 Å². The molecule has 0 radical (unpaired) electrons. The van der Waals surface area contributed by atoms with E-state index in [-0.39, 0.29) is 47.7 Å². The molecule has 0 unspecified atom stereocenters.